The summed E-state index contributed by atoms with van der Waals surface area (Å²) < 4.78 is 0. The van der Waals surface area contributed by atoms with Crippen molar-refractivity contribution in [2.45, 2.75) is 27.7 Å². The normalized spacial score (nSPS) is 21.3. The summed E-state index contributed by atoms with van der Waals surface area (Å²) in [7, 11) is 14.8. The molecule has 12 radical (unpaired) electrons. The topological polar surface area (TPSA) is 0 Å². The summed E-state index contributed by atoms with van der Waals surface area (Å²) in [6, 6.07) is 0. The van der Waals surface area contributed by atoms with Gasteiger partial charge in [-0.25, -0.2) is 0 Å². The average molecular weight is 293 g/mol. The molecule has 0 atom stereocenters. The maximum absolute atomic E-state index is 3.74. The summed E-state index contributed by atoms with van der Waals surface area (Å²) in [4.78, 5) is 0. The van der Waals surface area contributed by atoms with Crippen molar-refractivity contribution in [2.24, 2.45) is 0 Å². The quantitative estimate of drug-likeness (QED) is 0.600. The van der Waals surface area contributed by atoms with Crippen molar-refractivity contribution in [3.05, 3.63) is 54.2 Å². The first-order valence-corrected chi connectivity index (χ1v) is 7.75. The van der Waals surface area contributed by atoms with Crippen LogP contribution in [0.25, 0.3) is 0 Å². The molecule has 0 amide bonds. The molecule has 0 bridgehead atoms. The summed E-state index contributed by atoms with van der Waals surface area (Å²) in [6.07, 6.45) is 0. The first kappa shape index (κ1) is 14.0. The van der Waals surface area contributed by atoms with Gasteiger partial charge < -0.3 is 0 Å². The molecule has 0 saturated heterocycles. The third-order valence-electron chi connectivity index (χ3n) is 3.94. The fourth-order valence-electron chi connectivity index (χ4n) is 2.47. The monoisotopic (exact) mass is 292 g/mol. The van der Waals surface area contributed by atoms with E-state index < -0.39 is 0 Å². The van der Waals surface area contributed by atoms with Gasteiger partial charge in [-0.15, -0.1) is 0 Å². The Morgan fingerprint density at radius 1 is 0.444 bits per heavy atom. The molecule has 84 valence electrons. The van der Waals surface area contributed by atoms with E-state index in [0.717, 1.165) is 20.8 Å². The van der Waals surface area contributed by atoms with Crippen LogP contribution in [-0.2, 0) is 0 Å². The maximum atomic E-state index is 3.74. The van der Waals surface area contributed by atoms with Gasteiger partial charge in [0.1, 0.15) is 0 Å². The molecule has 0 aromatic rings. The van der Waals surface area contributed by atoms with Crippen LogP contribution in [-0.4, -0.2) is 41.0 Å². The molecule has 0 unspecified atom stereocenters. The fraction of sp³-hybridized carbons (Fsp3) is 0.286. The molecule has 4 heteroatoms. The van der Waals surface area contributed by atoms with Crippen molar-refractivity contribution in [3.8, 4) is 0 Å². The van der Waals surface area contributed by atoms with Crippen LogP contribution in [0.4, 0.5) is 0 Å². The lowest BCUT2D eigenvalue weighted by atomic mass is 9.98. The van der Waals surface area contributed by atoms with Crippen LogP contribution < -0.4 is 0 Å². The Morgan fingerprint density at radius 3 is 1.11 bits per heavy atom. The van der Waals surface area contributed by atoms with Crippen LogP contribution in [0, 0.1) is 0 Å². The highest BCUT2D eigenvalue weighted by atomic mass is 28.2. The number of allylic oxidation sites excluding steroid dienone is 10. The maximum Gasteiger partial charge on any atom is 0.0718 e. The second-order valence-electron chi connectivity index (χ2n) is 4.75. The second kappa shape index (κ2) is 4.59. The highest BCUT2D eigenvalue weighted by Crippen LogP contribution is 2.43. The van der Waals surface area contributed by atoms with Crippen molar-refractivity contribution in [3.63, 3.8) is 0 Å². The Balaban J connectivity index is 2.82. The highest BCUT2D eigenvalue weighted by Gasteiger charge is 2.27. The van der Waals surface area contributed by atoms with Gasteiger partial charge in [0.2, 0.25) is 0 Å². The van der Waals surface area contributed by atoms with E-state index in [4.69, 9.17) is 0 Å². The molecule has 18 heavy (non-hydrogen) atoms. The number of rotatable bonds is 0. The molecular weight excluding hydrogens is 280 g/mol. The smallest absolute Gasteiger partial charge is 0.0699 e. The minimum atomic E-state index is 1.04. The standard InChI is InChI=1S/C14H12Si4/c1-5-6(2)8(4)9(7(5)3)10-11(15)13(17)14(18)12(10)16/h1-4H3. The molecule has 0 nitrogen and oxygen atoms in total. The molecular formula is C14H12Si4. The Kier molecular flexibility index (Phi) is 3.57. The average Bonchev–Trinajstić information content (AvgIpc) is 2.64. The van der Waals surface area contributed by atoms with Gasteiger partial charge in [0.05, 0.1) is 41.0 Å². The minimum absolute atomic E-state index is 1.04. The van der Waals surface area contributed by atoms with Crippen LogP contribution in [0.5, 0.6) is 0 Å². The summed E-state index contributed by atoms with van der Waals surface area (Å²) in [6.45, 7) is 8.76. The molecule has 0 N–H and O–H groups in total. The van der Waals surface area contributed by atoms with Crippen LogP contribution in [0.15, 0.2) is 54.2 Å². The van der Waals surface area contributed by atoms with E-state index in [1.54, 1.807) is 0 Å². The van der Waals surface area contributed by atoms with Gasteiger partial charge in [-0.2, -0.15) is 0 Å². The molecule has 0 spiro atoms. The Labute approximate surface area is 123 Å². The zero-order valence-corrected chi connectivity index (χ0v) is 15.0. The van der Waals surface area contributed by atoms with E-state index in [0.29, 0.717) is 0 Å². The fourth-order valence-corrected chi connectivity index (χ4v) is 4.09. The molecule has 0 heterocycles. The lowest BCUT2D eigenvalue weighted by molar-refractivity contribution is 1.31. The SMILES string of the molecule is CC1=C(C)C(=C2C([Si])=C([Si])C([Si])=C2[Si])C(C)=C1C. The molecule has 0 aliphatic heterocycles. The number of hydrogen-bond acceptors (Lipinski definition) is 0. The lowest BCUT2D eigenvalue weighted by Crippen LogP contribution is -1.99. The third-order valence-corrected chi connectivity index (χ3v) is 6.69. The molecule has 2 rings (SSSR count). The molecule has 0 aromatic carbocycles. The van der Waals surface area contributed by atoms with Gasteiger partial charge in [-0.1, -0.05) is 20.8 Å². The zero-order chi connectivity index (χ0) is 13.8. The number of hydrogen-bond donors (Lipinski definition) is 0. The van der Waals surface area contributed by atoms with Gasteiger partial charge >= 0.3 is 0 Å². The van der Waals surface area contributed by atoms with Crippen LogP contribution in [0.1, 0.15) is 27.7 Å². The third kappa shape index (κ3) is 1.74. The molecule has 0 saturated carbocycles. The van der Waals surface area contributed by atoms with Gasteiger partial charge in [-0.05, 0) is 61.1 Å². The van der Waals surface area contributed by atoms with Gasteiger partial charge in [0.15, 0.2) is 0 Å². The minimum Gasteiger partial charge on any atom is -0.0699 e. The summed E-state index contributed by atoms with van der Waals surface area (Å²) in [5, 5.41) is 4.24. The van der Waals surface area contributed by atoms with Gasteiger partial charge in [0, 0.05) is 0 Å². The predicted molar refractivity (Wildman–Crippen MR) is 80.8 cm³/mol. The summed E-state index contributed by atoms with van der Waals surface area (Å²) >= 11 is 0. The van der Waals surface area contributed by atoms with E-state index in [1.165, 1.54) is 33.4 Å². The van der Waals surface area contributed by atoms with Crippen LogP contribution in [0.2, 0.25) is 0 Å². The van der Waals surface area contributed by atoms with E-state index in [1.807, 2.05) is 0 Å². The summed E-state index contributed by atoms with van der Waals surface area (Å²) in [5.74, 6) is 0. The first-order chi connectivity index (χ1) is 8.29. The Morgan fingerprint density at radius 2 is 0.778 bits per heavy atom. The van der Waals surface area contributed by atoms with E-state index in [9.17, 15) is 0 Å². The van der Waals surface area contributed by atoms with Crippen molar-refractivity contribution in [1.29, 1.82) is 0 Å². The van der Waals surface area contributed by atoms with Crippen LogP contribution in [0.3, 0.4) is 0 Å². The predicted octanol–water partition coefficient (Wildman–Crippen LogP) is 2.08. The highest BCUT2D eigenvalue weighted by molar-refractivity contribution is 6.49. The lowest BCUT2D eigenvalue weighted by Gasteiger charge is -2.13. The van der Waals surface area contributed by atoms with Crippen molar-refractivity contribution >= 4 is 41.0 Å². The van der Waals surface area contributed by atoms with Gasteiger partial charge in [0.25, 0.3) is 0 Å². The van der Waals surface area contributed by atoms with Gasteiger partial charge in [-0.3, -0.25) is 0 Å². The second-order valence-corrected chi connectivity index (χ2v) is 6.75. The molecule has 2 aliphatic rings. The molecule has 2 aliphatic carbocycles. The molecule has 0 fully saturated rings. The van der Waals surface area contributed by atoms with Crippen LogP contribution >= 0.6 is 0 Å². The van der Waals surface area contributed by atoms with Crippen molar-refractivity contribution in [2.75, 3.05) is 0 Å². The van der Waals surface area contributed by atoms with E-state index >= 15 is 0 Å². The zero-order valence-electron chi connectivity index (χ0n) is 11.0. The molecule has 0 aromatic heterocycles. The summed E-state index contributed by atoms with van der Waals surface area (Å²) in [5.41, 5.74) is 8.01. The Bertz CT molecular complexity index is 504. The van der Waals surface area contributed by atoms with E-state index in [-0.39, 0.29) is 0 Å². The first-order valence-electron chi connectivity index (χ1n) is 5.75. The largest absolute Gasteiger partial charge is 0.0718 e. The van der Waals surface area contributed by atoms with E-state index in [2.05, 4.69) is 68.7 Å². The van der Waals surface area contributed by atoms with Crippen molar-refractivity contribution in [1.82, 2.24) is 0 Å². The Hall–Kier alpha value is -0.432. The van der Waals surface area contributed by atoms with Crippen molar-refractivity contribution < 1.29 is 0 Å².